The van der Waals surface area contributed by atoms with Crippen LogP contribution in [0.2, 0.25) is 0 Å². The van der Waals surface area contributed by atoms with Gasteiger partial charge in [0.1, 0.15) is 5.82 Å². The van der Waals surface area contributed by atoms with Gasteiger partial charge < -0.3 is 26.9 Å². The molecule has 3 aromatic carbocycles. The third-order valence-corrected chi connectivity index (χ3v) is 5.25. The van der Waals surface area contributed by atoms with Gasteiger partial charge in [0.05, 0.1) is 26.9 Å². The Morgan fingerprint density at radius 1 is 0.600 bits per heavy atom. The van der Waals surface area contributed by atoms with Crippen molar-refractivity contribution >= 4 is 51.7 Å². The lowest BCUT2D eigenvalue weighted by atomic mass is 10.2. The van der Waals surface area contributed by atoms with Crippen molar-refractivity contribution in [3.05, 3.63) is 127 Å². The van der Waals surface area contributed by atoms with E-state index in [1.54, 1.807) is 24.3 Å². The average Bonchev–Trinajstić information content (AvgIpc) is 3.04. The minimum atomic E-state index is -1.21. The second kappa shape index (κ2) is 15.8. The molecule has 0 bridgehead atoms. The quantitative estimate of drug-likeness (QED) is 0.0798. The number of aromatic hydroxyl groups is 1. The first-order valence-corrected chi connectivity index (χ1v) is 12.4. The van der Waals surface area contributed by atoms with Gasteiger partial charge in [-0.25, -0.2) is 5.84 Å². The summed E-state index contributed by atoms with van der Waals surface area (Å²) in [6.45, 7) is 0. The van der Waals surface area contributed by atoms with Crippen LogP contribution in [0, 0.1) is 30.3 Å². The molecule has 19 nitrogen and oxygen atoms in total. The number of phenolic OH excluding ortho intramolecular Hbond substituents is 1. The number of anilines is 6. The Morgan fingerprint density at radius 3 is 1.38 bits per heavy atom. The number of phenols is 1. The van der Waals surface area contributed by atoms with Gasteiger partial charge in [-0.15, -0.1) is 20.4 Å². The lowest BCUT2D eigenvalue weighted by Gasteiger charge is -2.04. The molecule has 0 atom stereocenters. The SMILES string of the molecule is NNc1ccc(Nc2ccccc2)nn1.Nc1ccc(Nc2ccccc2)nn1.O=[N+]([O-])c1cc([N+](=O)[O-])c(O)c([N+](=O)[O-])c1. The summed E-state index contributed by atoms with van der Waals surface area (Å²) < 4.78 is 0. The van der Waals surface area contributed by atoms with Crippen molar-refractivity contribution < 1.29 is 19.9 Å². The maximum absolute atomic E-state index is 10.4. The van der Waals surface area contributed by atoms with E-state index in [9.17, 15) is 30.3 Å². The monoisotopic (exact) mass is 616 g/mol. The summed E-state index contributed by atoms with van der Waals surface area (Å²) >= 11 is 0. The average molecular weight is 617 g/mol. The highest BCUT2D eigenvalue weighted by Gasteiger charge is 2.30. The van der Waals surface area contributed by atoms with Gasteiger partial charge in [0.15, 0.2) is 17.5 Å². The molecule has 8 N–H and O–H groups in total. The highest BCUT2D eigenvalue weighted by atomic mass is 16.6. The van der Waals surface area contributed by atoms with Gasteiger partial charge in [0.25, 0.3) is 11.4 Å². The van der Waals surface area contributed by atoms with Crippen LogP contribution in [0.15, 0.2) is 97.1 Å². The lowest BCUT2D eigenvalue weighted by Crippen LogP contribution is -2.09. The lowest BCUT2D eigenvalue weighted by molar-refractivity contribution is -0.404. The van der Waals surface area contributed by atoms with Crippen LogP contribution in [0.1, 0.15) is 0 Å². The normalized spacial score (nSPS) is 9.71. The molecule has 0 saturated carbocycles. The number of para-hydroxylation sites is 2. The first-order chi connectivity index (χ1) is 21.6. The van der Waals surface area contributed by atoms with Crippen LogP contribution in [0.5, 0.6) is 5.75 Å². The Morgan fingerprint density at radius 2 is 1.02 bits per heavy atom. The number of rotatable bonds is 8. The molecule has 19 heteroatoms. The van der Waals surface area contributed by atoms with Gasteiger partial charge >= 0.3 is 11.4 Å². The van der Waals surface area contributed by atoms with Crippen LogP contribution in [0.4, 0.5) is 51.7 Å². The van der Waals surface area contributed by atoms with E-state index in [-0.39, 0.29) is 0 Å². The van der Waals surface area contributed by atoms with Crippen molar-refractivity contribution in [2.45, 2.75) is 0 Å². The highest BCUT2D eigenvalue weighted by Crippen LogP contribution is 2.39. The predicted octanol–water partition coefficient (Wildman–Crippen LogP) is 4.43. The van der Waals surface area contributed by atoms with E-state index in [1.165, 1.54) is 0 Å². The smallest absolute Gasteiger partial charge is 0.324 e. The minimum Gasteiger partial charge on any atom is -0.497 e. The van der Waals surface area contributed by atoms with Crippen LogP contribution in [-0.4, -0.2) is 40.3 Å². The Balaban J connectivity index is 0.000000184. The fourth-order valence-corrected chi connectivity index (χ4v) is 3.20. The minimum absolute atomic E-state index is 0.420. The van der Waals surface area contributed by atoms with Crippen LogP contribution < -0.4 is 27.6 Å². The van der Waals surface area contributed by atoms with Gasteiger partial charge in [-0.2, -0.15) is 0 Å². The molecule has 0 radical (unpaired) electrons. The third kappa shape index (κ3) is 10.1. The maximum Gasteiger partial charge on any atom is 0.324 e. The number of hydrogen-bond donors (Lipinski definition) is 6. The second-order valence-corrected chi connectivity index (χ2v) is 8.38. The van der Waals surface area contributed by atoms with Crippen molar-refractivity contribution in [1.82, 2.24) is 20.4 Å². The summed E-state index contributed by atoms with van der Waals surface area (Å²) in [5.74, 6) is 6.29. The van der Waals surface area contributed by atoms with Gasteiger partial charge in [-0.05, 0) is 48.5 Å². The topological polar surface area (TPSA) is 289 Å². The largest absolute Gasteiger partial charge is 0.497 e. The molecule has 0 aliphatic heterocycles. The number of nitrogens with two attached hydrogens (primary N) is 2. The number of hydrazine groups is 1. The van der Waals surface area contributed by atoms with E-state index in [4.69, 9.17) is 16.7 Å². The Kier molecular flexibility index (Phi) is 11.4. The van der Waals surface area contributed by atoms with E-state index >= 15 is 0 Å². The molecule has 0 saturated heterocycles. The van der Waals surface area contributed by atoms with E-state index in [1.807, 2.05) is 60.7 Å². The summed E-state index contributed by atoms with van der Waals surface area (Å²) in [7, 11) is 0. The number of nitrogens with one attached hydrogen (secondary N) is 3. The predicted molar refractivity (Wildman–Crippen MR) is 164 cm³/mol. The molecule has 0 fully saturated rings. The Bertz CT molecular complexity index is 1690. The molecule has 0 aliphatic carbocycles. The van der Waals surface area contributed by atoms with Gasteiger partial charge in [0, 0.05) is 11.4 Å². The summed E-state index contributed by atoms with van der Waals surface area (Å²) in [4.78, 5) is 27.8. The van der Waals surface area contributed by atoms with E-state index < -0.39 is 37.6 Å². The van der Waals surface area contributed by atoms with Crippen molar-refractivity contribution in [2.24, 2.45) is 5.84 Å². The number of nitro benzene ring substituents is 3. The van der Waals surface area contributed by atoms with Crippen LogP contribution in [-0.2, 0) is 0 Å². The molecule has 2 heterocycles. The number of aromatic nitrogens is 4. The molecule has 2 aromatic heterocycles. The summed E-state index contributed by atoms with van der Waals surface area (Å²) in [6.07, 6.45) is 0. The molecule has 0 unspecified atom stereocenters. The molecule has 230 valence electrons. The first-order valence-electron chi connectivity index (χ1n) is 12.4. The molecule has 0 amide bonds. The van der Waals surface area contributed by atoms with Gasteiger partial charge in [0.2, 0.25) is 0 Å². The molecule has 0 spiro atoms. The van der Waals surface area contributed by atoms with Crippen molar-refractivity contribution in [1.29, 1.82) is 0 Å². The standard InChI is InChI=1S/C10H11N5.C10H10N4.C6H3N3O7/c11-13-10-7-6-9(14-15-10)12-8-4-2-1-3-5-8;11-9-6-7-10(14-13-9)12-8-4-2-1-3-5-8;10-6-4(8(13)14)1-3(7(11)12)2-5(6)9(15)16/h1-7H,11H2,(H,12,14)(H,13,15);1-7H,(H2,11,13)(H,12,14);1-2,10H. The zero-order valence-corrected chi connectivity index (χ0v) is 22.9. The number of hydrogen-bond acceptors (Lipinski definition) is 16. The first kappa shape index (κ1) is 32.5. The Hall–Kier alpha value is -7.02. The second-order valence-electron chi connectivity index (χ2n) is 8.38. The van der Waals surface area contributed by atoms with Crippen molar-refractivity contribution in [2.75, 3.05) is 21.8 Å². The number of non-ortho nitro benzene ring substituents is 1. The van der Waals surface area contributed by atoms with Crippen molar-refractivity contribution in [3.63, 3.8) is 0 Å². The van der Waals surface area contributed by atoms with Gasteiger partial charge in [-0.3, -0.25) is 30.3 Å². The number of benzene rings is 3. The zero-order valence-electron chi connectivity index (χ0n) is 22.9. The fraction of sp³-hybridized carbons (Fsp3) is 0. The zero-order chi connectivity index (χ0) is 32.8. The molecular formula is C26H24N12O7. The summed E-state index contributed by atoms with van der Waals surface area (Å²) in [6, 6.07) is 27.5. The molecule has 0 aliphatic rings. The number of nitrogen functional groups attached to an aromatic ring is 2. The van der Waals surface area contributed by atoms with Crippen LogP contribution in [0.3, 0.4) is 0 Å². The summed E-state index contributed by atoms with van der Waals surface area (Å²) in [5.41, 5.74) is 6.78. The molecule has 5 rings (SSSR count). The highest BCUT2D eigenvalue weighted by molar-refractivity contribution is 5.64. The summed E-state index contributed by atoms with van der Waals surface area (Å²) in [5, 5.41) is 61.8. The van der Waals surface area contributed by atoms with E-state index in [0.29, 0.717) is 35.4 Å². The molecular weight excluding hydrogens is 592 g/mol. The van der Waals surface area contributed by atoms with Gasteiger partial charge in [-0.1, -0.05) is 36.4 Å². The maximum atomic E-state index is 10.4. The number of nitrogens with zero attached hydrogens (tertiary/aromatic N) is 7. The fourth-order valence-electron chi connectivity index (χ4n) is 3.20. The van der Waals surface area contributed by atoms with Crippen molar-refractivity contribution in [3.8, 4) is 5.75 Å². The molecule has 5 aromatic rings. The van der Waals surface area contributed by atoms with E-state index in [0.717, 1.165) is 11.4 Å². The number of nitro groups is 3. The van der Waals surface area contributed by atoms with Crippen LogP contribution in [0.25, 0.3) is 0 Å². The third-order valence-electron chi connectivity index (χ3n) is 5.25. The van der Waals surface area contributed by atoms with Crippen LogP contribution >= 0.6 is 0 Å². The van der Waals surface area contributed by atoms with E-state index in [2.05, 4.69) is 36.5 Å². The Labute approximate surface area is 253 Å². The molecule has 45 heavy (non-hydrogen) atoms.